The van der Waals surface area contributed by atoms with Crippen molar-refractivity contribution in [3.05, 3.63) is 89.0 Å². The molecular formula is C29H32N2O3. The average Bonchev–Trinajstić information content (AvgIpc) is 2.85. The summed E-state index contributed by atoms with van der Waals surface area (Å²) in [5.74, 6) is 0.393. The molecule has 1 aliphatic heterocycles. The minimum atomic E-state index is -0.312. The molecule has 4 rings (SSSR count). The van der Waals surface area contributed by atoms with Crippen LogP contribution in [0.5, 0.6) is 5.75 Å². The lowest BCUT2D eigenvalue weighted by atomic mass is 9.84. The molecule has 0 fully saturated rings. The molecule has 0 saturated heterocycles. The van der Waals surface area contributed by atoms with Gasteiger partial charge in [-0.15, -0.1) is 0 Å². The Morgan fingerprint density at radius 1 is 1.00 bits per heavy atom. The van der Waals surface area contributed by atoms with E-state index in [0.29, 0.717) is 24.3 Å². The number of hydrogen-bond donors (Lipinski definition) is 0. The number of likely N-dealkylation sites (N-methyl/N-ethyl adjacent to an activating group) is 1. The fourth-order valence-electron chi connectivity index (χ4n) is 4.78. The normalized spacial score (nSPS) is 17.1. The van der Waals surface area contributed by atoms with Crippen molar-refractivity contribution in [3.63, 3.8) is 0 Å². The number of aryl methyl sites for hydroxylation is 2. The molecule has 1 heterocycles. The first-order chi connectivity index (χ1) is 16.3. The number of carbonyl (C=O) groups excluding carboxylic acids is 2. The van der Waals surface area contributed by atoms with Crippen LogP contribution < -0.4 is 14.5 Å². The van der Waals surface area contributed by atoms with Crippen LogP contribution in [0.4, 0.5) is 11.4 Å². The first kappa shape index (κ1) is 23.6. The van der Waals surface area contributed by atoms with Crippen LogP contribution in [0.15, 0.2) is 66.7 Å². The summed E-state index contributed by atoms with van der Waals surface area (Å²) >= 11 is 0. The third-order valence-corrected chi connectivity index (χ3v) is 6.83. The number of carbonyl (C=O) groups is 2. The van der Waals surface area contributed by atoms with Crippen molar-refractivity contribution in [3.8, 4) is 5.75 Å². The van der Waals surface area contributed by atoms with Gasteiger partial charge < -0.3 is 14.5 Å². The summed E-state index contributed by atoms with van der Waals surface area (Å²) in [6.07, 6.45) is 0.569. The SMILES string of the molecule is CCN(C(=O)[C@@H]1C[C@@H](C)N(C(=O)c2ccc(OC)cc2)c2ccccc21)c1ccc(C)c(C)c1. The highest BCUT2D eigenvalue weighted by Gasteiger charge is 2.38. The number of hydrogen-bond acceptors (Lipinski definition) is 3. The molecule has 5 heteroatoms. The van der Waals surface area contributed by atoms with E-state index in [-0.39, 0.29) is 23.8 Å². The Hall–Kier alpha value is -3.60. The number of amides is 2. The Bertz CT molecular complexity index is 1200. The van der Waals surface area contributed by atoms with Gasteiger partial charge in [-0.05, 0) is 93.3 Å². The van der Waals surface area contributed by atoms with E-state index in [4.69, 9.17) is 4.74 Å². The maximum Gasteiger partial charge on any atom is 0.258 e. The molecule has 0 N–H and O–H groups in total. The quantitative estimate of drug-likeness (QED) is 0.481. The fourth-order valence-corrected chi connectivity index (χ4v) is 4.78. The van der Waals surface area contributed by atoms with Crippen LogP contribution in [0.1, 0.15) is 53.2 Å². The van der Waals surface area contributed by atoms with E-state index in [1.54, 1.807) is 31.4 Å². The van der Waals surface area contributed by atoms with Gasteiger partial charge >= 0.3 is 0 Å². The molecule has 34 heavy (non-hydrogen) atoms. The minimum absolute atomic E-state index is 0.0709. The topological polar surface area (TPSA) is 49.9 Å². The number of anilines is 2. The predicted octanol–water partition coefficient (Wildman–Crippen LogP) is 5.89. The standard InChI is InChI=1S/C29H32N2O3/c1-6-30(23-14-11-19(2)20(3)17-23)29(33)26-18-21(4)31(27-10-8-7-9-25(26)27)28(32)22-12-15-24(34-5)16-13-22/h7-17,21,26H,6,18H2,1-5H3/t21-,26-/m1/s1. The molecule has 3 aromatic carbocycles. The second kappa shape index (κ2) is 9.72. The van der Waals surface area contributed by atoms with Gasteiger partial charge in [0.1, 0.15) is 5.75 Å². The van der Waals surface area contributed by atoms with Gasteiger partial charge in [0.25, 0.3) is 5.91 Å². The monoisotopic (exact) mass is 456 g/mol. The van der Waals surface area contributed by atoms with Gasteiger partial charge in [0.2, 0.25) is 5.91 Å². The van der Waals surface area contributed by atoms with E-state index in [0.717, 1.165) is 22.5 Å². The highest BCUT2D eigenvalue weighted by molar-refractivity contribution is 6.09. The molecule has 5 nitrogen and oxygen atoms in total. The number of fused-ring (bicyclic) bond motifs is 1. The highest BCUT2D eigenvalue weighted by Crippen LogP contribution is 2.41. The van der Waals surface area contributed by atoms with Crippen LogP contribution in [-0.4, -0.2) is 31.5 Å². The summed E-state index contributed by atoms with van der Waals surface area (Å²) in [5.41, 5.74) is 5.58. The van der Waals surface area contributed by atoms with Crippen LogP contribution in [0, 0.1) is 13.8 Å². The van der Waals surface area contributed by atoms with E-state index < -0.39 is 0 Å². The summed E-state index contributed by atoms with van der Waals surface area (Å²) in [6.45, 7) is 8.75. The molecule has 2 amide bonds. The number of rotatable bonds is 5. The maximum atomic E-state index is 13.9. The highest BCUT2D eigenvalue weighted by atomic mass is 16.5. The van der Waals surface area contributed by atoms with Gasteiger partial charge in [-0.2, -0.15) is 0 Å². The van der Waals surface area contributed by atoms with E-state index in [2.05, 4.69) is 26.0 Å². The second-order valence-electron chi connectivity index (χ2n) is 8.95. The summed E-state index contributed by atoms with van der Waals surface area (Å²) in [7, 11) is 1.61. The second-order valence-corrected chi connectivity index (χ2v) is 8.95. The van der Waals surface area contributed by atoms with Crippen LogP contribution >= 0.6 is 0 Å². The van der Waals surface area contributed by atoms with E-state index in [1.165, 1.54) is 5.56 Å². The number of para-hydroxylation sites is 1. The van der Waals surface area contributed by atoms with Crippen LogP contribution in [0.3, 0.4) is 0 Å². The van der Waals surface area contributed by atoms with Gasteiger partial charge in [0, 0.05) is 29.5 Å². The molecule has 0 bridgehead atoms. The number of ether oxygens (including phenoxy) is 1. The van der Waals surface area contributed by atoms with Crippen LogP contribution in [0.25, 0.3) is 0 Å². The van der Waals surface area contributed by atoms with Gasteiger partial charge in [0.05, 0.1) is 13.0 Å². The Kier molecular flexibility index (Phi) is 6.73. The zero-order valence-corrected chi connectivity index (χ0v) is 20.5. The Morgan fingerprint density at radius 3 is 2.35 bits per heavy atom. The van der Waals surface area contributed by atoms with Gasteiger partial charge in [-0.1, -0.05) is 24.3 Å². The molecule has 0 aromatic heterocycles. The molecule has 2 atom stereocenters. The lowest BCUT2D eigenvalue weighted by Gasteiger charge is -2.40. The Balaban J connectivity index is 1.69. The fraction of sp³-hybridized carbons (Fsp3) is 0.310. The zero-order valence-electron chi connectivity index (χ0n) is 20.5. The lowest BCUT2D eigenvalue weighted by Crippen LogP contribution is -2.46. The van der Waals surface area contributed by atoms with Crippen molar-refractivity contribution in [2.75, 3.05) is 23.5 Å². The van der Waals surface area contributed by atoms with E-state index in [1.807, 2.05) is 54.0 Å². The third-order valence-electron chi connectivity index (χ3n) is 6.83. The van der Waals surface area contributed by atoms with Crippen molar-refractivity contribution in [1.82, 2.24) is 0 Å². The summed E-state index contributed by atoms with van der Waals surface area (Å²) in [5, 5.41) is 0. The van der Waals surface area contributed by atoms with Gasteiger partial charge in [-0.3, -0.25) is 9.59 Å². The Labute approximate surface area is 202 Å². The van der Waals surface area contributed by atoms with E-state index in [9.17, 15) is 9.59 Å². The molecule has 3 aromatic rings. The molecule has 176 valence electrons. The van der Waals surface area contributed by atoms with Crippen molar-refractivity contribution >= 4 is 23.2 Å². The summed E-state index contributed by atoms with van der Waals surface area (Å²) in [6, 6.07) is 21.0. The van der Waals surface area contributed by atoms with Crippen molar-refractivity contribution < 1.29 is 14.3 Å². The Morgan fingerprint density at radius 2 is 1.71 bits per heavy atom. The zero-order chi connectivity index (χ0) is 24.4. The molecule has 1 aliphatic rings. The summed E-state index contributed by atoms with van der Waals surface area (Å²) in [4.78, 5) is 31.1. The maximum absolute atomic E-state index is 13.9. The number of methoxy groups -OCH3 is 1. The minimum Gasteiger partial charge on any atom is -0.497 e. The van der Waals surface area contributed by atoms with Gasteiger partial charge in [0.15, 0.2) is 0 Å². The number of nitrogens with zero attached hydrogens (tertiary/aromatic N) is 2. The summed E-state index contributed by atoms with van der Waals surface area (Å²) < 4.78 is 5.23. The van der Waals surface area contributed by atoms with Crippen molar-refractivity contribution in [1.29, 1.82) is 0 Å². The third kappa shape index (κ3) is 4.30. The van der Waals surface area contributed by atoms with Crippen LogP contribution in [-0.2, 0) is 4.79 Å². The molecule has 0 unspecified atom stereocenters. The predicted molar refractivity (Wildman–Crippen MR) is 137 cm³/mol. The first-order valence-corrected chi connectivity index (χ1v) is 11.8. The first-order valence-electron chi connectivity index (χ1n) is 11.8. The molecule has 0 radical (unpaired) electrons. The molecule has 0 spiro atoms. The van der Waals surface area contributed by atoms with Crippen LogP contribution in [0.2, 0.25) is 0 Å². The largest absolute Gasteiger partial charge is 0.497 e. The van der Waals surface area contributed by atoms with E-state index >= 15 is 0 Å². The van der Waals surface area contributed by atoms with Gasteiger partial charge in [-0.25, -0.2) is 0 Å². The van der Waals surface area contributed by atoms with Crippen molar-refractivity contribution in [2.24, 2.45) is 0 Å². The molecule has 0 saturated carbocycles. The smallest absolute Gasteiger partial charge is 0.258 e. The molecule has 0 aliphatic carbocycles. The molecular weight excluding hydrogens is 424 g/mol. The van der Waals surface area contributed by atoms with Crippen molar-refractivity contribution in [2.45, 2.75) is 46.1 Å². The average molecular weight is 457 g/mol. The lowest BCUT2D eigenvalue weighted by molar-refractivity contribution is -0.120. The number of benzene rings is 3.